The van der Waals surface area contributed by atoms with Gasteiger partial charge >= 0.3 is 0 Å². The molecule has 0 aliphatic heterocycles. The van der Waals surface area contributed by atoms with Crippen molar-refractivity contribution in [3.05, 3.63) is 35.5 Å². The van der Waals surface area contributed by atoms with Crippen LogP contribution >= 0.6 is 0 Å². The summed E-state index contributed by atoms with van der Waals surface area (Å²) in [5.41, 5.74) is 4.29. The van der Waals surface area contributed by atoms with Crippen molar-refractivity contribution >= 4 is 0 Å². The van der Waals surface area contributed by atoms with Crippen LogP contribution in [0.15, 0.2) is 35.5 Å². The molecule has 164 valence electrons. The van der Waals surface area contributed by atoms with Gasteiger partial charge in [0, 0.05) is 0 Å². The van der Waals surface area contributed by atoms with Crippen molar-refractivity contribution in [3.8, 4) is 0 Å². The van der Waals surface area contributed by atoms with E-state index in [0.717, 1.165) is 17.4 Å². The van der Waals surface area contributed by atoms with Gasteiger partial charge in [-0.25, -0.2) is 0 Å². The first-order valence-corrected chi connectivity index (χ1v) is 12.0. The highest BCUT2D eigenvalue weighted by molar-refractivity contribution is 5.29. The van der Waals surface area contributed by atoms with Crippen molar-refractivity contribution in [3.63, 3.8) is 0 Å². The summed E-state index contributed by atoms with van der Waals surface area (Å²) in [5, 5.41) is 20.2. The second-order valence-electron chi connectivity index (χ2n) is 11.6. The van der Waals surface area contributed by atoms with Gasteiger partial charge in [0.1, 0.15) is 0 Å². The summed E-state index contributed by atoms with van der Waals surface area (Å²) >= 11 is 0. The number of fused-ring (bicyclic) bond motifs is 1. The molecule has 0 aromatic heterocycles. The summed E-state index contributed by atoms with van der Waals surface area (Å²) in [6.07, 6.45) is 16.7. The van der Waals surface area contributed by atoms with Gasteiger partial charge in [-0.3, -0.25) is 0 Å². The Labute approximate surface area is 179 Å². The third kappa shape index (κ3) is 5.44. The quantitative estimate of drug-likeness (QED) is 0.396. The van der Waals surface area contributed by atoms with Crippen molar-refractivity contribution in [2.24, 2.45) is 22.7 Å². The van der Waals surface area contributed by atoms with Crippen LogP contribution in [0.25, 0.3) is 0 Å². The van der Waals surface area contributed by atoms with Gasteiger partial charge in [-0.05, 0) is 86.0 Å². The molecule has 3 fully saturated rings. The second kappa shape index (κ2) is 9.10. The molecule has 0 spiro atoms. The molecule has 0 unspecified atom stereocenters. The molecular weight excluding hydrogens is 356 g/mol. The average Bonchev–Trinajstić information content (AvgIpc) is 2.97. The first-order valence-electron chi connectivity index (χ1n) is 12.0. The molecular formula is C27H44O2. The molecule has 0 amide bonds. The van der Waals surface area contributed by atoms with E-state index < -0.39 is 12.2 Å². The van der Waals surface area contributed by atoms with Gasteiger partial charge in [0.05, 0.1) is 12.2 Å². The third-order valence-corrected chi connectivity index (χ3v) is 8.19. The lowest BCUT2D eigenvalue weighted by molar-refractivity contribution is 0.123. The normalized spacial score (nSPS) is 37.1. The Hall–Kier alpha value is -0.860. The van der Waals surface area contributed by atoms with Gasteiger partial charge in [-0.2, -0.15) is 0 Å². The van der Waals surface area contributed by atoms with E-state index in [-0.39, 0.29) is 0 Å². The van der Waals surface area contributed by atoms with Crippen molar-refractivity contribution in [2.75, 3.05) is 0 Å². The number of aliphatic hydroxyl groups is 2. The van der Waals surface area contributed by atoms with Gasteiger partial charge in [0.15, 0.2) is 0 Å². The molecule has 5 atom stereocenters. The Balaban J connectivity index is 1.63. The van der Waals surface area contributed by atoms with Gasteiger partial charge in [-0.15, -0.1) is 0 Å². The van der Waals surface area contributed by atoms with Gasteiger partial charge < -0.3 is 10.2 Å². The van der Waals surface area contributed by atoms with Crippen LogP contribution in [-0.4, -0.2) is 22.4 Å². The molecule has 2 N–H and O–H groups in total. The molecule has 3 aliphatic rings. The van der Waals surface area contributed by atoms with E-state index in [0.29, 0.717) is 29.2 Å². The number of unbranched alkanes of at least 4 members (excludes halogenated alkanes) is 1. The maximum atomic E-state index is 10.1. The van der Waals surface area contributed by atoms with Gasteiger partial charge in [-0.1, -0.05) is 70.4 Å². The van der Waals surface area contributed by atoms with E-state index in [1.807, 2.05) is 0 Å². The molecule has 2 nitrogen and oxygen atoms in total. The van der Waals surface area contributed by atoms with E-state index in [1.54, 1.807) is 5.57 Å². The monoisotopic (exact) mass is 400 g/mol. The van der Waals surface area contributed by atoms with Crippen LogP contribution < -0.4 is 0 Å². The highest BCUT2D eigenvalue weighted by Gasteiger charge is 2.48. The number of hydrogen-bond donors (Lipinski definition) is 2. The van der Waals surface area contributed by atoms with E-state index in [9.17, 15) is 10.2 Å². The lowest BCUT2D eigenvalue weighted by Gasteiger charge is -2.42. The maximum Gasteiger partial charge on any atom is 0.0809 e. The second-order valence-corrected chi connectivity index (χ2v) is 11.6. The standard InChI is InChI=1S/C27H44O2/c1-19-24(28)17-20(18-25(19)29)11-12-21-9-8-16-27(5)22(13-14-23(21)27)10-6-7-15-26(2,3)4/h11-12,22-25,28-29H,1,6-10,13-18H2,2-5H3/b21-12+/t22-,23-,24+,25+,27+/m0/s1. The summed E-state index contributed by atoms with van der Waals surface area (Å²) in [4.78, 5) is 0. The Bertz CT molecular complexity index is 634. The Morgan fingerprint density at radius 2 is 1.76 bits per heavy atom. The minimum Gasteiger partial charge on any atom is -0.388 e. The predicted octanol–water partition coefficient (Wildman–Crippen LogP) is 6.73. The maximum absolute atomic E-state index is 10.1. The van der Waals surface area contributed by atoms with Gasteiger partial charge in [0.25, 0.3) is 0 Å². The SMILES string of the molecule is C=C1[C@H](O)CC(=C/C=C2\CCC[C@]3(C)[C@@H](CCCCC(C)(C)C)CC[C@@H]23)C[C@H]1O. The van der Waals surface area contributed by atoms with E-state index in [1.165, 1.54) is 57.8 Å². The number of rotatable bonds is 5. The summed E-state index contributed by atoms with van der Waals surface area (Å²) in [6, 6.07) is 0. The van der Waals surface area contributed by atoms with Crippen molar-refractivity contribution in [2.45, 2.75) is 111 Å². The zero-order chi connectivity index (χ0) is 21.2. The van der Waals surface area contributed by atoms with Crippen molar-refractivity contribution < 1.29 is 10.2 Å². The van der Waals surface area contributed by atoms with E-state index in [2.05, 4.69) is 46.4 Å². The predicted molar refractivity (Wildman–Crippen MR) is 123 cm³/mol. The van der Waals surface area contributed by atoms with Gasteiger partial charge in [0.2, 0.25) is 0 Å². The molecule has 29 heavy (non-hydrogen) atoms. The summed E-state index contributed by atoms with van der Waals surface area (Å²) < 4.78 is 0. The molecule has 0 radical (unpaired) electrons. The molecule has 0 aromatic rings. The average molecular weight is 401 g/mol. The van der Waals surface area contributed by atoms with Crippen LogP contribution in [0.4, 0.5) is 0 Å². The van der Waals surface area contributed by atoms with Crippen LogP contribution in [0.5, 0.6) is 0 Å². The molecule has 3 aliphatic carbocycles. The zero-order valence-corrected chi connectivity index (χ0v) is 19.3. The fourth-order valence-electron chi connectivity index (χ4n) is 6.29. The molecule has 3 saturated carbocycles. The number of allylic oxidation sites excluding steroid dienone is 3. The highest BCUT2D eigenvalue weighted by atomic mass is 16.3. The number of aliphatic hydroxyl groups excluding tert-OH is 2. The molecule has 3 rings (SSSR count). The minimum atomic E-state index is -0.594. The van der Waals surface area contributed by atoms with Crippen LogP contribution in [0, 0.1) is 22.7 Å². The Morgan fingerprint density at radius 3 is 2.41 bits per heavy atom. The zero-order valence-electron chi connectivity index (χ0n) is 19.3. The number of hydrogen-bond acceptors (Lipinski definition) is 2. The molecule has 0 heterocycles. The van der Waals surface area contributed by atoms with E-state index in [4.69, 9.17) is 0 Å². The van der Waals surface area contributed by atoms with Crippen LogP contribution in [-0.2, 0) is 0 Å². The largest absolute Gasteiger partial charge is 0.388 e. The lowest BCUT2D eigenvalue weighted by atomic mass is 9.62. The van der Waals surface area contributed by atoms with Crippen molar-refractivity contribution in [1.82, 2.24) is 0 Å². The van der Waals surface area contributed by atoms with Crippen molar-refractivity contribution in [1.29, 1.82) is 0 Å². The lowest BCUT2D eigenvalue weighted by Crippen LogP contribution is -2.33. The van der Waals surface area contributed by atoms with Crippen LogP contribution in [0.2, 0.25) is 0 Å². The topological polar surface area (TPSA) is 40.5 Å². The fraction of sp³-hybridized carbons (Fsp3) is 0.778. The Kier molecular flexibility index (Phi) is 7.16. The molecule has 2 heteroatoms. The minimum absolute atomic E-state index is 0.461. The van der Waals surface area contributed by atoms with Crippen LogP contribution in [0.3, 0.4) is 0 Å². The molecule has 0 bridgehead atoms. The van der Waals surface area contributed by atoms with Crippen LogP contribution in [0.1, 0.15) is 98.3 Å². The fourth-order valence-corrected chi connectivity index (χ4v) is 6.29. The molecule has 0 saturated heterocycles. The first kappa shape index (κ1) is 22.8. The Morgan fingerprint density at radius 1 is 1.07 bits per heavy atom. The van der Waals surface area contributed by atoms with E-state index >= 15 is 0 Å². The summed E-state index contributed by atoms with van der Waals surface area (Å²) in [5.74, 6) is 1.61. The summed E-state index contributed by atoms with van der Waals surface area (Å²) in [6.45, 7) is 13.5. The summed E-state index contributed by atoms with van der Waals surface area (Å²) in [7, 11) is 0. The third-order valence-electron chi connectivity index (χ3n) is 8.19. The highest BCUT2D eigenvalue weighted by Crippen LogP contribution is 2.58. The smallest absolute Gasteiger partial charge is 0.0809 e. The first-order chi connectivity index (χ1) is 13.6. The molecule has 0 aromatic carbocycles.